The summed E-state index contributed by atoms with van der Waals surface area (Å²) in [5.41, 5.74) is 0.889. The van der Waals surface area contributed by atoms with Crippen molar-refractivity contribution in [3.05, 3.63) is 54.1 Å². The number of carbonyl (C=O) groups excluding carboxylic acids is 1. The summed E-state index contributed by atoms with van der Waals surface area (Å²) in [5, 5.41) is 14.5. The molecule has 2 aromatic carbocycles. The van der Waals surface area contributed by atoms with Gasteiger partial charge in [0.15, 0.2) is 0 Å². The van der Waals surface area contributed by atoms with Gasteiger partial charge in [-0.15, -0.1) is 0 Å². The van der Waals surface area contributed by atoms with Gasteiger partial charge in [-0.1, -0.05) is 12.1 Å². The molecule has 9 heteroatoms. The highest BCUT2D eigenvalue weighted by Gasteiger charge is 2.30. The molecule has 0 radical (unpaired) electrons. The third-order valence-corrected chi connectivity index (χ3v) is 3.85. The Labute approximate surface area is 152 Å². The number of alkyl halides is 3. The van der Waals surface area contributed by atoms with Crippen molar-refractivity contribution < 1.29 is 23.1 Å². The average Bonchev–Trinajstić information content (AvgIpc) is 2.97. The van der Waals surface area contributed by atoms with Crippen LogP contribution in [0.5, 0.6) is 0 Å². The van der Waals surface area contributed by atoms with Crippen LogP contribution in [0.3, 0.4) is 0 Å². The lowest BCUT2D eigenvalue weighted by Gasteiger charge is -2.11. The highest BCUT2D eigenvalue weighted by molar-refractivity contribution is 5.92. The molecule has 0 spiro atoms. The number of amides is 1. The Hall–Kier alpha value is -3.07. The highest BCUT2D eigenvalue weighted by atomic mass is 19.4. The fourth-order valence-corrected chi connectivity index (χ4v) is 2.62. The molecule has 1 heterocycles. The number of imidazole rings is 1. The van der Waals surface area contributed by atoms with Crippen LogP contribution in [0.2, 0.25) is 0 Å². The Morgan fingerprint density at radius 1 is 1.11 bits per heavy atom. The fraction of sp³-hybridized carbons (Fsp3) is 0.222. The van der Waals surface area contributed by atoms with Crippen LogP contribution < -0.4 is 10.6 Å². The van der Waals surface area contributed by atoms with Crippen molar-refractivity contribution in [2.24, 2.45) is 0 Å². The first kappa shape index (κ1) is 18.7. The number of hydrogen-bond acceptors (Lipinski definition) is 4. The maximum absolute atomic E-state index is 12.6. The van der Waals surface area contributed by atoms with Crippen molar-refractivity contribution in [3.63, 3.8) is 0 Å². The number of nitrogens with one attached hydrogen (secondary N) is 2. The summed E-state index contributed by atoms with van der Waals surface area (Å²) in [6.45, 7) is 0.0834. The molecule has 27 heavy (non-hydrogen) atoms. The lowest BCUT2D eigenvalue weighted by Crippen LogP contribution is -2.21. The number of carbonyl (C=O) groups is 1. The highest BCUT2D eigenvalue weighted by Crippen LogP contribution is 2.29. The average molecular weight is 378 g/mol. The van der Waals surface area contributed by atoms with E-state index in [9.17, 15) is 18.0 Å². The Balaban J connectivity index is 1.77. The van der Waals surface area contributed by atoms with Crippen LogP contribution in [0.15, 0.2) is 48.5 Å². The normalized spacial score (nSPS) is 11.6. The van der Waals surface area contributed by atoms with Crippen molar-refractivity contribution in [2.75, 3.05) is 23.8 Å². The predicted molar refractivity (Wildman–Crippen MR) is 95.4 cm³/mol. The number of aliphatic hydroxyl groups excluding tert-OH is 1. The molecule has 0 unspecified atom stereocenters. The molecule has 0 fully saturated rings. The first-order valence-electron chi connectivity index (χ1n) is 8.15. The third kappa shape index (κ3) is 4.37. The van der Waals surface area contributed by atoms with Gasteiger partial charge < -0.3 is 20.3 Å². The smallest absolute Gasteiger partial charge is 0.395 e. The maximum atomic E-state index is 12.6. The summed E-state index contributed by atoms with van der Waals surface area (Å²) in [7, 11) is 0. The van der Waals surface area contributed by atoms with E-state index in [1.54, 1.807) is 16.7 Å². The number of rotatable bonds is 6. The molecule has 0 aliphatic rings. The van der Waals surface area contributed by atoms with Crippen molar-refractivity contribution in [2.45, 2.75) is 12.7 Å². The summed E-state index contributed by atoms with van der Waals surface area (Å²) in [6, 6.07) is 11.5. The molecule has 3 aromatic rings. The number of anilines is 2. The Kier molecular flexibility index (Phi) is 5.31. The van der Waals surface area contributed by atoms with Crippen LogP contribution in [0.25, 0.3) is 11.0 Å². The summed E-state index contributed by atoms with van der Waals surface area (Å²) in [4.78, 5) is 16.8. The van der Waals surface area contributed by atoms with Gasteiger partial charge in [-0.2, -0.15) is 13.2 Å². The van der Waals surface area contributed by atoms with Crippen LogP contribution in [0, 0.1) is 0 Å². The van der Waals surface area contributed by atoms with E-state index in [-0.39, 0.29) is 25.4 Å². The van der Waals surface area contributed by atoms with Gasteiger partial charge in [-0.3, -0.25) is 4.79 Å². The van der Waals surface area contributed by atoms with E-state index in [0.717, 1.165) is 17.6 Å². The van der Waals surface area contributed by atoms with E-state index in [0.29, 0.717) is 11.5 Å². The molecule has 1 amide bonds. The van der Waals surface area contributed by atoms with E-state index in [1.807, 2.05) is 12.1 Å². The Morgan fingerprint density at radius 3 is 2.48 bits per heavy atom. The van der Waals surface area contributed by atoms with Crippen molar-refractivity contribution in [3.8, 4) is 0 Å². The molecule has 0 saturated carbocycles. The number of nitrogens with zero attached hydrogens (tertiary/aromatic N) is 2. The van der Waals surface area contributed by atoms with Crippen molar-refractivity contribution >= 4 is 28.6 Å². The molecular weight excluding hydrogens is 361 g/mol. The van der Waals surface area contributed by atoms with Crippen molar-refractivity contribution in [1.29, 1.82) is 0 Å². The van der Waals surface area contributed by atoms with E-state index in [4.69, 9.17) is 5.11 Å². The minimum Gasteiger partial charge on any atom is -0.395 e. The lowest BCUT2D eigenvalue weighted by molar-refractivity contribution is -0.137. The lowest BCUT2D eigenvalue weighted by atomic mass is 10.2. The van der Waals surface area contributed by atoms with E-state index >= 15 is 0 Å². The van der Waals surface area contributed by atoms with Gasteiger partial charge in [0.25, 0.3) is 0 Å². The predicted octanol–water partition coefficient (Wildman–Crippen LogP) is 3.10. The minimum atomic E-state index is -4.43. The Bertz CT molecular complexity index is 936. The van der Waals surface area contributed by atoms with Gasteiger partial charge in [-0.05, 0) is 36.4 Å². The van der Waals surface area contributed by atoms with Gasteiger partial charge in [0.05, 0.1) is 23.2 Å². The molecular formula is C18H17F3N4O2. The van der Waals surface area contributed by atoms with Gasteiger partial charge in [0, 0.05) is 12.2 Å². The molecule has 3 N–H and O–H groups in total. The van der Waals surface area contributed by atoms with Gasteiger partial charge in [-0.25, -0.2) is 4.98 Å². The first-order valence-corrected chi connectivity index (χ1v) is 8.15. The number of fused-ring (bicyclic) bond motifs is 1. The van der Waals surface area contributed by atoms with Crippen LogP contribution in [-0.4, -0.2) is 33.7 Å². The van der Waals surface area contributed by atoms with Gasteiger partial charge in [0.1, 0.15) is 6.54 Å². The quantitative estimate of drug-likeness (QED) is 0.616. The SMILES string of the molecule is O=C(Cn1c(NCCO)nc2ccccc21)Nc1ccc(C(F)(F)F)cc1. The van der Waals surface area contributed by atoms with E-state index in [2.05, 4.69) is 15.6 Å². The molecule has 3 rings (SSSR count). The number of aliphatic hydroxyl groups is 1. The molecule has 142 valence electrons. The third-order valence-electron chi connectivity index (χ3n) is 3.85. The second-order valence-electron chi connectivity index (χ2n) is 5.78. The summed E-state index contributed by atoms with van der Waals surface area (Å²) in [6.07, 6.45) is -4.43. The molecule has 0 aliphatic carbocycles. The fourth-order valence-electron chi connectivity index (χ4n) is 2.62. The Morgan fingerprint density at radius 2 is 1.81 bits per heavy atom. The molecule has 0 aliphatic heterocycles. The van der Waals surface area contributed by atoms with Crippen LogP contribution in [0.1, 0.15) is 5.56 Å². The van der Waals surface area contributed by atoms with Crippen LogP contribution in [0.4, 0.5) is 24.8 Å². The number of aromatic nitrogens is 2. The van der Waals surface area contributed by atoms with Crippen molar-refractivity contribution in [1.82, 2.24) is 9.55 Å². The summed E-state index contributed by atoms with van der Waals surface area (Å²) in [5.74, 6) is 0.0118. The molecule has 0 atom stereocenters. The maximum Gasteiger partial charge on any atom is 0.416 e. The summed E-state index contributed by atoms with van der Waals surface area (Å²) >= 11 is 0. The topological polar surface area (TPSA) is 79.2 Å². The molecule has 0 saturated heterocycles. The van der Waals surface area contributed by atoms with E-state index in [1.165, 1.54) is 12.1 Å². The second-order valence-corrected chi connectivity index (χ2v) is 5.78. The standard InChI is InChI=1S/C18H17F3N4O2/c19-18(20,21)12-5-7-13(8-6-12)23-16(27)11-25-15-4-2-1-3-14(15)24-17(25)22-9-10-26/h1-8,26H,9-11H2,(H,22,24)(H,23,27). The number of para-hydroxylation sites is 2. The number of benzene rings is 2. The van der Waals surface area contributed by atoms with Crippen LogP contribution in [-0.2, 0) is 17.5 Å². The zero-order valence-electron chi connectivity index (χ0n) is 14.1. The largest absolute Gasteiger partial charge is 0.416 e. The zero-order chi connectivity index (χ0) is 19.4. The minimum absolute atomic E-state index is 0.0880. The number of hydrogen-bond donors (Lipinski definition) is 3. The monoisotopic (exact) mass is 378 g/mol. The van der Waals surface area contributed by atoms with Gasteiger partial charge >= 0.3 is 6.18 Å². The van der Waals surface area contributed by atoms with E-state index < -0.39 is 17.6 Å². The second kappa shape index (κ2) is 7.67. The molecule has 6 nitrogen and oxygen atoms in total. The summed E-state index contributed by atoms with van der Waals surface area (Å²) < 4.78 is 39.5. The number of halogens is 3. The molecule has 0 bridgehead atoms. The van der Waals surface area contributed by atoms with Crippen LogP contribution >= 0.6 is 0 Å². The molecule has 1 aromatic heterocycles. The first-order chi connectivity index (χ1) is 12.9. The zero-order valence-corrected chi connectivity index (χ0v) is 14.1. The van der Waals surface area contributed by atoms with Gasteiger partial charge in [0.2, 0.25) is 11.9 Å².